The van der Waals surface area contributed by atoms with Crippen LogP contribution in [0.1, 0.15) is 47.5 Å². The molecule has 5 heteroatoms. The van der Waals surface area contributed by atoms with Crippen LogP contribution in [0.5, 0.6) is 0 Å². The van der Waals surface area contributed by atoms with Crippen molar-refractivity contribution in [3.05, 3.63) is 33.9 Å². The molecule has 0 aromatic rings. The Hall–Kier alpha value is -1.24. The van der Waals surface area contributed by atoms with Crippen molar-refractivity contribution in [2.45, 2.75) is 53.6 Å². The lowest BCUT2D eigenvalue weighted by Gasteiger charge is -2.17. The Kier molecular flexibility index (Phi) is 10.7. The van der Waals surface area contributed by atoms with Crippen molar-refractivity contribution >= 4 is 29.2 Å². The number of ether oxygens (including phenoxy) is 1. The molecule has 2 unspecified atom stereocenters. The highest BCUT2D eigenvalue weighted by Crippen LogP contribution is 2.21. The fourth-order valence-corrected chi connectivity index (χ4v) is 2.17. The van der Waals surface area contributed by atoms with Gasteiger partial charge in [-0.2, -0.15) is 5.26 Å². The molecule has 3 nitrogen and oxygen atoms in total. The van der Waals surface area contributed by atoms with Gasteiger partial charge in [-0.3, -0.25) is 4.79 Å². The molecule has 0 amide bonds. The second kappa shape index (κ2) is 11.3. The normalized spacial score (nSPS) is 13.8. The summed E-state index contributed by atoms with van der Waals surface area (Å²) in [4.78, 5) is 12.2. The summed E-state index contributed by atoms with van der Waals surface area (Å²) in [7, 11) is 0. The Balaban J connectivity index is 4.87. The standard InChI is InChI=1S/C18H25Cl2NO2/c1-12(2)7-6-8-14(5)9-15(11-21)23-18(22)16(13(3)4)10-17(19)20/h7,9-10,13,15-16H,6,8H2,1-5H3/b14-9+. The Morgan fingerprint density at radius 3 is 2.26 bits per heavy atom. The number of carbonyl (C=O) groups is 1. The lowest BCUT2D eigenvalue weighted by atomic mass is 9.96. The van der Waals surface area contributed by atoms with Crippen molar-refractivity contribution in [3.8, 4) is 6.07 Å². The zero-order valence-electron chi connectivity index (χ0n) is 14.4. The molecule has 0 rings (SSSR count). The third kappa shape index (κ3) is 10.2. The van der Waals surface area contributed by atoms with Gasteiger partial charge in [0.1, 0.15) is 10.6 Å². The zero-order chi connectivity index (χ0) is 18.0. The summed E-state index contributed by atoms with van der Waals surface area (Å²) >= 11 is 11.3. The minimum absolute atomic E-state index is 0.0163. The van der Waals surface area contributed by atoms with Crippen LogP contribution in [0.2, 0.25) is 0 Å². The van der Waals surface area contributed by atoms with Crippen molar-refractivity contribution in [2.24, 2.45) is 11.8 Å². The third-order valence-electron chi connectivity index (χ3n) is 3.19. The van der Waals surface area contributed by atoms with E-state index >= 15 is 0 Å². The summed E-state index contributed by atoms with van der Waals surface area (Å²) in [6.07, 6.45) is 6.07. The van der Waals surface area contributed by atoms with E-state index in [4.69, 9.17) is 27.9 Å². The van der Waals surface area contributed by atoms with Crippen LogP contribution < -0.4 is 0 Å². The van der Waals surface area contributed by atoms with Crippen LogP contribution in [-0.4, -0.2) is 12.1 Å². The van der Waals surface area contributed by atoms with Crippen molar-refractivity contribution in [1.82, 2.24) is 0 Å². The van der Waals surface area contributed by atoms with Crippen molar-refractivity contribution in [3.63, 3.8) is 0 Å². The zero-order valence-corrected chi connectivity index (χ0v) is 15.9. The second-order valence-electron chi connectivity index (χ2n) is 6.05. The first-order chi connectivity index (χ1) is 10.7. The predicted molar refractivity (Wildman–Crippen MR) is 96.0 cm³/mol. The highest BCUT2D eigenvalue weighted by molar-refractivity contribution is 6.55. The quantitative estimate of drug-likeness (QED) is 0.413. The molecule has 23 heavy (non-hydrogen) atoms. The molecule has 0 radical (unpaired) electrons. The molecule has 0 spiro atoms. The number of esters is 1. The second-order valence-corrected chi connectivity index (χ2v) is 7.05. The third-order valence-corrected chi connectivity index (χ3v) is 3.45. The molecule has 0 N–H and O–H groups in total. The maximum absolute atomic E-state index is 12.2. The van der Waals surface area contributed by atoms with Gasteiger partial charge in [0.05, 0.1) is 5.92 Å². The van der Waals surface area contributed by atoms with Crippen LogP contribution in [0, 0.1) is 23.2 Å². The van der Waals surface area contributed by atoms with E-state index in [0.717, 1.165) is 18.4 Å². The monoisotopic (exact) mass is 357 g/mol. The molecular weight excluding hydrogens is 333 g/mol. The molecule has 0 aromatic carbocycles. The smallest absolute Gasteiger partial charge is 0.314 e. The Morgan fingerprint density at radius 2 is 1.83 bits per heavy atom. The van der Waals surface area contributed by atoms with E-state index in [0.29, 0.717) is 0 Å². The van der Waals surface area contributed by atoms with E-state index in [-0.39, 0.29) is 10.4 Å². The Morgan fingerprint density at radius 1 is 1.22 bits per heavy atom. The van der Waals surface area contributed by atoms with Crippen LogP contribution in [0.15, 0.2) is 33.9 Å². The van der Waals surface area contributed by atoms with Crippen LogP contribution in [0.25, 0.3) is 0 Å². The highest BCUT2D eigenvalue weighted by atomic mass is 35.5. The number of nitrogens with zero attached hydrogens (tertiary/aromatic N) is 1. The molecule has 0 saturated carbocycles. The number of nitriles is 1. The van der Waals surface area contributed by atoms with Gasteiger partial charge in [-0.05, 0) is 51.7 Å². The SMILES string of the molecule is CC(C)=CCC/C(C)=C/C(C#N)OC(=O)C(C=C(Cl)Cl)C(C)C. The van der Waals surface area contributed by atoms with E-state index in [1.165, 1.54) is 11.6 Å². The molecule has 0 aliphatic rings. The average molecular weight is 358 g/mol. The van der Waals surface area contributed by atoms with E-state index in [1.54, 1.807) is 6.08 Å². The van der Waals surface area contributed by atoms with Crippen LogP contribution in [0.4, 0.5) is 0 Å². The molecule has 0 aliphatic carbocycles. The van der Waals surface area contributed by atoms with Crippen molar-refractivity contribution < 1.29 is 9.53 Å². The molecule has 128 valence electrons. The summed E-state index contributed by atoms with van der Waals surface area (Å²) in [6, 6.07) is 1.99. The lowest BCUT2D eigenvalue weighted by Crippen LogP contribution is -2.25. The molecule has 0 heterocycles. The summed E-state index contributed by atoms with van der Waals surface area (Å²) in [5.41, 5.74) is 2.26. The summed E-state index contributed by atoms with van der Waals surface area (Å²) in [5, 5.41) is 9.19. The van der Waals surface area contributed by atoms with Gasteiger partial charge in [-0.25, -0.2) is 0 Å². The maximum atomic E-state index is 12.2. The number of halogens is 2. The van der Waals surface area contributed by atoms with E-state index in [2.05, 4.69) is 6.08 Å². The number of allylic oxidation sites excluding steroid dienone is 3. The van der Waals surface area contributed by atoms with Gasteiger partial charge in [0.2, 0.25) is 6.10 Å². The van der Waals surface area contributed by atoms with Gasteiger partial charge in [-0.15, -0.1) is 0 Å². The van der Waals surface area contributed by atoms with Crippen molar-refractivity contribution in [2.75, 3.05) is 0 Å². The molecular formula is C18H25Cl2NO2. The van der Waals surface area contributed by atoms with Crippen molar-refractivity contribution in [1.29, 1.82) is 5.26 Å². The topological polar surface area (TPSA) is 50.1 Å². The molecule has 0 bridgehead atoms. The number of hydrogen-bond donors (Lipinski definition) is 0. The van der Waals surface area contributed by atoms with Gasteiger partial charge >= 0.3 is 5.97 Å². The summed E-state index contributed by atoms with van der Waals surface area (Å²) in [5.74, 6) is -1.11. The van der Waals surface area contributed by atoms with Gasteiger partial charge in [0.25, 0.3) is 0 Å². The van der Waals surface area contributed by atoms with Gasteiger partial charge in [0, 0.05) is 0 Å². The molecule has 0 aromatic heterocycles. The van der Waals surface area contributed by atoms with Crippen LogP contribution >= 0.6 is 23.2 Å². The molecule has 0 aliphatic heterocycles. The fraction of sp³-hybridized carbons (Fsp3) is 0.556. The number of hydrogen-bond acceptors (Lipinski definition) is 3. The minimum atomic E-state index is -0.905. The molecule has 0 saturated heterocycles. The van der Waals surface area contributed by atoms with E-state index in [1.807, 2.05) is 40.7 Å². The van der Waals surface area contributed by atoms with Crippen LogP contribution in [0.3, 0.4) is 0 Å². The Labute approximate surface area is 149 Å². The predicted octanol–water partition coefficient (Wildman–Crippen LogP) is 5.71. The highest BCUT2D eigenvalue weighted by Gasteiger charge is 2.24. The number of carbonyl (C=O) groups excluding carboxylic acids is 1. The van der Waals surface area contributed by atoms with Gasteiger partial charge in [0.15, 0.2) is 0 Å². The first-order valence-electron chi connectivity index (χ1n) is 7.61. The lowest BCUT2D eigenvalue weighted by molar-refractivity contribution is -0.149. The van der Waals surface area contributed by atoms with Crippen LogP contribution in [-0.2, 0) is 9.53 Å². The van der Waals surface area contributed by atoms with Gasteiger partial charge in [-0.1, -0.05) is 54.3 Å². The van der Waals surface area contributed by atoms with E-state index in [9.17, 15) is 10.1 Å². The fourth-order valence-electron chi connectivity index (χ4n) is 1.90. The van der Waals surface area contributed by atoms with Gasteiger partial charge < -0.3 is 4.74 Å². The molecule has 0 fully saturated rings. The molecule has 2 atom stereocenters. The van der Waals surface area contributed by atoms with E-state index < -0.39 is 18.0 Å². The average Bonchev–Trinajstić information content (AvgIpc) is 2.42. The summed E-state index contributed by atoms with van der Waals surface area (Å²) < 4.78 is 5.28. The minimum Gasteiger partial charge on any atom is -0.442 e. The maximum Gasteiger partial charge on any atom is 0.314 e. The Bertz CT molecular complexity index is 520. The first-order valence-corrected chi connectivity index (χ1v) is 8.36. The first kappa shape index (κ1) is 21.8. The number of rotatable bonds is 8. The largest absolute Gasteiger partial charge is 0.442 e. The summed E-state index contributed by atoms with van der Waals surface area (Å²) in [6.45, 7) is 9.73.